The SMILES string of the molecule is CN(Cc1ccsc1)S(=O)(=O)c1[nH]ncc1CNC1CC1. The highest BCUT2D eigenvalue weighted by atomic mass is 32.2. The Morgan fingerprint density at radius 3 is 3.00 bits per heavy atom. The molecule has 2 heterocycles. The molecule has 1 aliphatic carbocycles. The topological polar surface area (TPSA) is 78.1 Å². The second-order valence-electron chi connectivity index (χ2n) is 5.27. The van der Waals surface area contributed by atoms with E-state index in [9.17, 15) is 8.42 Å². The number of sulfonamides is 1. The van der Waals surface area contributed by atoms with Crippen LogP contribution in [0.3, 0.4) is 0 Å². The zero-order valence-electron chi connectivity index (χ0n) is 11.7. The summed E-state index contributed by atoms with van der Waals surface area (Å²) < 4.78 is 26.6. The minimum Gasteiger partial charge on any atom is -0.310 e. The highest BCUT2D eigenvalue weighted by molar-refractivity contribution is 7.89. The first-order chi connectivity index (χ1) is 10.1. The molecule has 0 unspecified atom stereocenters. The average molecular weight is 326 g/mol. The first-order valence-electron chi connectivity index (χ1n) is 6.80. The van der Waals surface area contributed by atoms with Gasteiger partial charge in [0, 0.05) is 31.7 Å². The van der Waals surface area contributed by atoms with Crippen LogP contribution in [0.15, 0.2) is 28.0 Å². The number of nitrogens with zero attached hydrogens (tertiary/aromatic N) is 2. The first-order valence-corrected chi connectivity index (χ1v) is 9.18. The van der Waals surface area contributed by atoms with Crippen LogP contribution in [0.25, 0.3) is 0 Å². The Morgan fingerprint density at radius 1 is 1.52 bits per heavy atom. The van der Waals surface area contributed by atoms with Crippen molar-refractivity contribution in [2.24, 2.45) is 0 Å². The van der Waals surface area contributed by atoms with Crippen molar-refractivity contribution >= 4 is 21.4 Å². The standard InChI is InChI=1S/C13H18N4O2S2/c1-17(8-10-4-5-20-9-10)21(18,19)13-11(7-15-16-13)6-14-12-2-3-12/h4-5,7,9,12,14H,2-3,6,8H2,1H3,(H,15,16). The lowest BCUT2D eigenvalue weighted by Crippen LogP contribution is -2.28. The van der Waals surface area contributed by atoms with Crippen molar-refractivity contribution in [2.75, 3.05) is 7.05 Å². The van der Waals surface area contributed by atoms with Crippen LogP contribution in [-0.2, 0) is 23.1 Å². The molecule has 114 valence electrons. The molecule has 2 N–H and O–H groups in total. The smallest absolute Gasteiger partial charge is 0.260 e. The molecule has 0 bridgehead atoms. The molecule has 0 aromatic carbocycles. The summed E-state index contributed by atoms with van der Waals surface area (Å²) in [7, 11) is -1.96. The fourth-order valence-electron chi connectivity index (χ4n) is 2.07. The molecule has 8 heteroatoms. The molecule has 0 atom stereocenters. The fraction of sp³-hybridized carbons (Fsp3) is 0.462. The van der Waals surface area contributed by atoms with Crippen molar-refractivity contribution < 1.29 is 8.42 Å². The monoisotopic (exact) mass is 326 g/mol. The highest BCUT2D eigenvalue weighted by Crippen LogP contribution is 2.22. The molecule has 21 heavy (non-hydrogen) atoms. The number of thiophene rings is 1. The van der Waals surface area contributed by atoms with Crippen LogP contribution < -0.4 is 5.32 Å². The third-order valence-electron chi connectivity index (χ3n) is 3.49. The second-order valence-corrected chi connectivity index (χ2v) is 8.03. The Hall–Kier alpha value is -1.22. The van der Waals surface area contributed by atoms with Gasteiger partial charge >= 0.3 is 0 Å². The van der Waals surface area contributed by atoms with Crippen LogP contribution in [0.1, 0.15) is 24.0 Å². The van der Waals surface area contributed by atoms with Gasteiger partial charge < -0.3 is 5.32 Å². The molecule has 1 saturated carbocycles. The molecule has 0 aliphatic heterocycles. The van der Waals surface area contributed by atoms with Crippen LogP contribution in [0.5, 0.6) is 0 Å². The predicted molar refractivity (Wildman–Crippen MR) is 81.4 cm³/mol. The molecule has 0 radical (unpaired) electrons. The predicted octanol–water partition coefficient (Wildman–Crippen LogP) is 1.54. The van der Waals surface area contributed by atoms with Gasteiger partial charge in [-0.15, -0.1) is 0 Å². The molecular formula is C13H18N4O2S2. The first kappa shape index (κ1) is 14.7. The maximum atomic E-state index is 12.6. The van der Waals surface area contributed by atoms with Crippen molar-refractivity contribution in [2.45, 2.75) is 37.0 Å². The van der Waals surface area contributed by atoms with E-state index >= 15 is 0 Å². The Bertz CT molecular complexity index is 690. The maximum Gasteiger partial charge on any atom is 0.260 e. The Morgan fingerprint density at radius 2 is 2.33 bits per heavy atom. The molecular weight excluding hydrogens is 308 g/mol. The zero-order valence-corrected chi connectivity index (χ0v) is 13.4. The Labute approximate surface area is 128 Å². The van der Waals surface area contributed by atoms with Gasteiger partial charge in [0.1, 0.15) is 0 Å². The summed E-state index contributed by atoms with van der Waals surface area (Å²) in [5, 5.41) is 13.9. The molecule has 0 amide bonds. The summed E-state index contributed by atoms with van der Waals surface area (Å²) in [4.78, 5) is 0. The minimum atomic E-state index is -3.55. The quantitative estimate of drug-likeness (QED) is 0.809. The van der Waals surface area contributed by atoms with E-state index in [1.165, 1.54) is 4.31 Å². The lowest BCUT2D eigenvalue weighted by atomic mass is 10.3. The largest absolute Gasteiger partial charge is 0.310 e. The number of hydrogen-bond donors (Lipinski definition) is 2. The van der Waals surface area contributed by atoms with E-state index < -0.39 is 10.0 Å². The van der Waals surface area contributed by atoms with E-state index in [0.29, 0.717) is 24.7 Å². The summed E-state index contributed by atoms with van der Waals surface area (Å²) in [6, 6.07) is 2.46. The van der Waals surface area contributed by atoms with Gasteiger partial charge in [0.2, 0.25) is 0 Å². The number of H-pyrrole nitrogens is 1. The number of aromatic amines is 1. The van der Waals surface area contributed by atoms with Crippen molar-refractivity contribution in [3.05, 3.63) is 34.2 Å². The Kier molecular flexibility index (Phi) is 4.12. The third-order valence-corrected chi connectivity index (χ3v) is 6.04. The second kappa shape index (κ2) is 5.88. The van der Waals surface area contributed by atoms with Crippen LogP contribution in [0.2, 0.25) is 0 Å². The van der Waals surface area contributed by atoms with Crippen molar-refractivity contribution in [3.8, 4) is 0 Å². The van der Waals surface area contributed by atoms with E-state index in [1.807, 2.05) is 16.8 Å². The summed E-state index contributed by atoms with van der Waals surface area (Å²) in [6.45, 7) is 0.891. The lowest BCUT2D eigenvalue weighted by molar-refractivity contribution is 0.462. The van der Waals surface area contributed by atoms with Gasteiger partial charge in [-0.3, -0.25) is 5.10 Å². The molecule has 1 aliphatic rings. The number of aromatic nitrogens is 2. The van der Waals surface area contributed by atoms with Gasteiger partial charge in [0.15, 0.2) is 5.03 Å². The normalized spacial score (nSPS) is 15.7. The molecule has 1 fully saturated rings. The third kappa shape index (κ3) is 3.34. The van der Waals surface area contributed by atoms with Gasteiger partial charge in [0.25, 0.3) is 10.0 Å². The molecule has 0 spiro atoms. The van der Waals surface area contributed by atoms with E-state index in [0.717, 1.165) is 18.4 Å². The number of nitrogens with one attached hydrogen (secondary N) is 2. The van der Waals surface area contributed by atoms with Gasteiger partial charge in [-0.05, 0) is 35.2 Å². The number of rotatable bonds is 7. The van der Waals surface area contributed by atoms with Gasteiger partial charge in [-0.25, -0.2) is 8.42 Å². The lowest BCUT2D eigenvalue weighted by Gasteiger charge is -2.16. The maximum absolute atomic E-state index is 12.6. The molecule has 6 nitrogen and oxygen atoms in total. The minimum absolute atomic E-state index is 0.188. The average Bonchev–Trinajstić information content (AvgIpc) is 2.93. The molecule has 2 aromatic heterocycles. The van der Waals surface area contributed by atoms with Crippen LogP contribution in [-0.4, -0.2) is 36.0 Å². The molecule has 0 saturated heterocycles. The van der Waals surface area contributed by atoms with Crippen molar-refractivity contribution in [3.63, 3.8) is 0 Å². The van der Waals surface area contributed by atoms with Gasteiger partial charge in [0.05, 0.1) is 6.20 Å². The summed E-state index contributed by atoms with van der Waals surface area (Å²) in [5.74, 6) is 0. The van der Waals surface area contributed by atoms with Crippen LogP contribution in [0, 0.1) is 0 Å². The van der Waals surface area contributed by atoms with Gasteiger partial charge in [-0.1, -0.05) is 0 Å². The van der Waals surface area contributed by atoms with Crippen LogP contribution >= 0.6 is 11.3 Å². The highest BCUT2D eigenvalue weighted by Gasteiger charge is 2.27. The number of hydrogen-bond acceptors (Lipinski definition) is 5. The van der Waals surface area contributed by atoms with Crippen LogP contribution in [0.4, 0.5) is 0 Å². The molecule has 3 rings (SSSR count). The summed E-state index contributed by atoms with van der Waals surface area (Å²) in [6.07, 6.45) is 3.91. The summed E-state index contributed by atoms with van der Waals surface area (Å²) in [5.41, 5.74) is 1.68. The van der Waals surface area contributed by atoms with Gasteiger partial charge in [-0.2, -0.15) is 20.7 Å². The van der Waals surface area contributed by atoms with E-state index in [1.54, 1.807) is 24.6 Å². The molecule has 2 aromatic rings. The zero-order chi connectivity index (χ0) is 14.9. The Balaban J connectivity index is 1.75. The van der Waals surface area contributed by atoms with E-state index in [-0.39, 0.29) is 5.03 Å². The van der Waals surface area contributed by atoms with Crippen molar-refractivity contribution in [1.29, 1.82) is 0 Å². The summed E-state index contributed by atoms with van der Waals surface area (Å²) >= 11 is 1.56. The van der Waals surface area contributed by atoms with E-state index in [4.69, 9.17) is 0 Å². The van der Waals surface area contributed by atoms with Crippen molar-refractivity contribution in [1.82, 2.24) is 19.8 Å². The fourth-order valence-corrected chi connectivity index (χ4v) is 3.99. The van der Waals surface area contributed by atoms with E-state index in [2.05, 4.69) is 15.5 Å².